The molecule has 2 atom stereocenters. The quantitative estimate of drug-likeness (QED) is 0.518. The second-order valence-corrected chi connectivity index (χ2v) is 5.83. The molecule has 0 rings (SSSR count). The molecule has 0 nitrogen and oxygen atoms in total. The maximum Gasteiger partial charge on any atom is 0.00470 e. The Hall–Kier alpha value is 0.0900. The molecule has 0 bridgehead atoms. The summed E-state index contributed by atoms with van der Waals surface area (Å²) < 4.78 is 0. The molecule has 0 radical (unpaired) electrons. The van der Waals surface area contributed by atoms with Crippen LogP contribution in [0.15, 0.2) is 12.2 Å². The van der Waals surface area contributed by atoms with Gasteiger partial charge in [-0.2, -0.15) is 11.8 Å². The molecule has 1 heteroatoms. The zero-order valence-electron chi connectivity index (χ0n) is 11.1. The molecule has 0 heterocycles. The van der Waals surface area contributed by atoms with Crippen molar-refractivity contribution >= 4 is 11.8 Å². The molecule has 0 aliphatic heterocycles. The van der Waals surface area contributed by atoms with E-state index < -0.39 is 0 Å². The Morgan fingerprint density at radius 3 is 2.33 bits per heavy atom. The Morgan fingerprint density at radius 1 is 1.27 bits per heavy atom. The van der Waals surface area contributed by atoms with Crippen LogP contribution in [0.25, 0.3) is 0 Å². The lowest BCUT2D eigenvalue weighted by atomic mass is 9.87. The average molecular weight is 228 g/mol. The predicted molar refractivity (Wildman–Crippen MR) is 74.6 cm³/mol. The molecule has 0 spiro atoms. The van der Waals surface area contributed by atoms with Gasteiger partial charge in [0.15, 0.2) is 0 Å². The van der Waals surface area contributed by atoms with E-state index in [2.05, 4.69) is 46.1 Å². The van der Waals surface area contributed by atoms with E-state index >= 15 is 0 Å². The highest BCUT2D eigenvalue weighted by atomic mass is 32.2. The van der Waals surface area contributed by atoms with Crippen molar-refractivity contribution in [2.75, 3.05) is 6.26 Å². The molecule has 15 heavy (non-hydrogen) atoms. The second-order valence-electron chi connectivity index (χ2n) is 4.69. The summed E-state index contributed by atoms with van der Waals surface area (Å²) in [5.74, 6) is 1.68. The molecule has 0 aliphatic carbocycles. The molecule has 0 saturated carbocycles. The molecule has 0 aromatic heterocycles. The second kappa shape index (κ2) is 9.33. The first-order chi connectivity index (χ1) is 7.15. The Bertz CT molecular complexity index is 161. The Balaban J connectivity index is 4.11. The van der Waals surface area contributed by atoms with Crippen LogP contribution in [0.3, 0.4) is 0 Å². The van der Waals surface area contributed by atoms with Gasteiger partial charge in [-0.05, 0) is 44.3 Å². The first-order valence-electron chi connectivity index (χ1n) is 6.29. The number of rotatable bonds is 8. The highest BCUT2D eigenvalue weighted by Crippen LogP contribution is 2.28. The number of hydrogen-bond donors (Lipinski definition) is 0. The summed E-state index contributed by atoms with van der Waals surface area (Å²) in [4.78, 5) is 0. The summed E-state index contributed by atoms with van der Waals surface area (Å²) in [6.07, 6.45) is 12.1. The van der Waals surface area contributed by atoms with Crippen LogP contribution < -0.4 is 0 Å². The van der Waals surface area contributed by atoms with Gasteiger partial charge in [0.2, 0.25) is 0 Å². The molecule has 0 fully saturated rings. The molecular formula is C14H28S. The van der Waals surface area contributed by atoms with Crippen LogP contribution in [0.2, 0.25) is 0 Å². The van der Waals surface area contributed by atoms with Crippen molar-refractivity contribution in [3.63, 3.8) is 0 Å². The lowest BCUT2D eigenvalue weighted by Crippen LogP contribution is -2.15. The molecule has 0 aliphatic rings. The van der Waals surface area contributed by atoms with Gasteiger partial charge in [0.05, 0.1) is 0 Å². The predicted octanol–water partition coefficient (Wildman–Crippen LogP) is 5.15. The van der Waals surface area contributed by atoms with Crippen LogP contribution in [0, 0.1) is 11.8 Å². The number of thioether (sulfide) groups is 1. The lowest BCUT2D eigenvalue weighted by Gasteiger charge is -2.24. The molecule has 0 saturated heterocycles. The maximum atomic E-state index is 2.36. The van der Waals surface area contributed by atoms with Crippen molar-refractivity contribution in [3.8, 4) is 0 Å². The smallest absolute Gasteiger partial charge is 0.00470 e. The topological polar surface area (TPSA) is 0 Å². The summed E-state index contributed by atoms with van der Waals surface area (Å²) in [6.45, 7) is 9.13. The van der Waals surface area contributed by atoms with Crippen molar-refractivity contribution in [1.82, 2.24) is 0 Å². The van der Waals surface area contributed by atoms with Gasteiger partial charge in [-0.1, -0.05) is 39.3 Å². The summed E-state index contributed by atoms with van der Waals surface area (Å²) >= 11 is 2.05. The molecule has 0 aromatic rings. The van der Waals surface area contributed by atoms with E-state index in [4.69, 9.17) is 0 Å². The maximum absolute atomic E-state index is 2.36. The third-order valence-corrected chi connectivity index (χ3v) is 4.22. The minimum absolute atomic E-state index is 0.813. The normalized spacial score (nSPS) is 16.1. The van der Waals surface area contributed by atoms with Crippen molar-refractivity contribution < 1.29 is 0 Å². The van der Waals surface area contributed by atoms with Crippen LogP contribution in [-0.2, 0) is 0 Å². The minimum atomic E-state index is 0.813. The zero-order valence-corrected chi connectivity index (χ0v) is 11.9. The summed E-state index contributed by atoms with van der Waals surface area (Å²) in [7, 11) is 0. The fraction of sp³-hybridized carbons (Fsp3) is 0.857. The van der Waals surface area contributed by atoms with E-state index in [1.165, 1.54) is 25.7 Å². The van der Waals surface area contributed by atoms with E-state index in [1.54, 1.807) is 0 Å². The van der Waals surface area contributed by atoms with Crippen LogP contribution in [0.4, 0.5) is 0 Å². The fourth-order valence-electron chi connectivity index (χ4n) is 1.94. The highest BCUT2D eigenvalue weighted by molar-refractivity contribution is 7.99. The highest BCUT2D eigenvalue weighted by Gasteiger charge is 2.17. The van der Waals surface area contributed by atoms with E-state index in [1.807, 2.05) is 11.8 Å². The zero-order chi connectivity index (χ0) is 11.7. The molecule has 2 unspecified atom stereocenters. The van der Waals surface area contributed by atoms with E-state index in [-0.39, 0.29) is 0 Å². The number of hydrogen-bond acceptors (Lipinski definition) is 1. The molecule has 0 aromatic carbocycles. The Kier molecular flexibility index (Phi) is 9.38. The van der Waals surface area contributed by atoms with E-state index in [0.29, 0.717) is 0 Å². The summed E-state index contributed by atoms with van der Waals surface area (Å²) in [5, 5.41) is 0.868. The van der Waals surface area contributed by atoms with Gasteiger partial charge >= 0.3 is 0 Å². The van der Waals surface area contributed by atoms with Crippen molar-refractivity contribution in [1.29, 1.82) is 0 Å². The summed E-state index contributed by atoms with van der Waals surface area (Å²) in [5.41, 5.74) is 0. The third kappa shape index (κ3) is 7.05. The van der Waals surface area contributed by atoms with Crippen molar-refractivity contribution in [3.05, 3.63) is 12.2 Å². The molecule has 0 amide bonds. The standard InChI is InChI=1S/C14H28S/c1-6-8-10-13(12(3)4)11-14(15-5)9-7-2/h6,8,12-14H,7,9-11H2,1-5H3/b8-6-. The lowest BCUT2D eigenvalue weighted by molar-refractivity contribution is 0.355. The minimum Gasteiger partial charge on any atom is -0.162 e. The molecule has 0 N–H and O–H groups in total. The number of allylic oxidation sites excluding steroid dienone is 2. The largest absolute Gasteiger partial charge is 0.162 e. The Labute approximate surface area is 101 Å². The molecular weight excluding hydrogens is 200 g/mol. The van der Waals surface area contributed by atoms with E-state index in [0.717, 1.165) is 17.1 Å². The van der Waals surface area contributed by atoms with Gasteiger partial charge < -0.3 is 0 Å². The van der Waals surface area contributed by atoms with E-state index in [9.17, 15) is 0 Å². The first kappa shape index (κ1) is 15.1. The van der Waals surface area contributed by atoms with Gasteiger partial charge in [0, 0.05) is 5.25 Å². The third-order valence-electron chi connectivity index (χ3n) is 3.13. The SMILES string of the molecule is C/C=C\CC(CC(CCC)SC)C(C)C. The Morgan fingerprint density at radius 2 is 1.93 bits per heavy atom. The van der Waals surface area contributed by atoms with Crippen molar-refractivity contribution in [2.45, 2.75) is 58.6 Å². The summed E-state index contributed by atoms with van der Waals surface area (Å²) in [6, 6.07) is 0. The average Bonchev–Trinajstić information content (AvgIpc) is 2.22. The van der Waals surface area contributed by atoms with Gasteiger partial charge in [0.1, 0.15) is 0 Å². The van der Waals surface area contributed by atoms with Crippen molar-refractivity contribution in [2.24, 2.45) is 11.8 Å². The van der Waals surface area contributed by atoms with Gasteiger partial charge in [0.25, 0.3) is 0 Å². The van der Waals surface area contributed by atoms with Gasteiger partial charge in [-0.15, -0.1) is 0 Å². The van der Waals surface area contributed by atoms with Crippen LogP contribution in [0.1, 0.15) is 53.4 Å². The van der Waals surface area contributed by atoms with Gasteiger partial charge in [-0.25, -0.2) is 0 Å². The van der Waals surface area contributed by atoms with Crippen LogP contribution >= 0.6 is 11.8 Å². The molecule has 90 valence electrons. The fourth-order valence-corrected chi connectivity index (χ4v) is 2.85. The monoisotopic (exact) mass is 228 g/mol. The first-order valence-corrected chi connectivity index (χ1v) is 7.58. The van der Waals surface area contributed by atoms with Crippen LogP contribution in [0.5, 0.6) is 0 Å². The van der Waals surface area contributed by atoms with Gasteiger partial charge in [-0.3, -0.25) is 0 Å². The van der Waals surface area contributed by atoms with Crippen LogP contribution in [-0.4, -0.2) is 11.5 Å².